The first-order valence-electron chi connectivity index (χ1n) is 12.6. The van der Waals surface area contributed by atoms with Gasteiger partial charge in [0.1, 0.15) is 0 Å². The van der Waals surface area contributed by atoms with Crippen molar-refractivity contribution in [2.24, 2.45) is 5.92 Å². The molecule has 160 valence electrons. The second kappa shape index (κ2) is 10.5. The van der Waals surface area contributed by atoms with E-state index in [0.29, 0.717) is 5.92 Å². The molecular weight excluding hydrogens is 360 g/mol. The molecule has 0 aliphatic heterocycles. The van der Waals surface area contributed by atoms with E-state index in [1.54, 1.807) is 22.3 Å². The van der Waals surface area contributed by atoms with Gasteiger partial charge in [0, 0.05) is 0 Å². The van der Waals surface area contributed by atoms with Crippen molar-refractivity contribution in [3.8, 4) is 0 Å². The molecule has 0 nitrogen and oxygen atoms in total. The van der Waals surface area contributed by atoms with Crippen LogP contribution in [0.15, 0.2) is 54.6 Å². The van der Waals surface area contributed by atoms with Gasteiger partial charge in [-0.15, -0.1) is 0 Å². The van der Waals surface area contributed by atoms with Crippen LogP contribution in [0.3, 0.4) is 0 Å². The van der Waals surface area contributed by atoms with Gasteiger partial charge in [-0.2, -0.15) is 0 Å². The van der Waals surface area contributed by atoms with Gasteiger partial charge in [-0.1, -0.05) is 68.0 Å². The van der Waals surface area contributed by atoms with Gasteiger partial charge >= 0.3 is 0 Å². The molecule has 1 saturated carbocycles. The predicted octanol–water partition coefficient (Wildman–Crippen LogP) is 8.54. The Bertz CT molecular complexity index is 818. The molecule has 0 saturated heterocycles. The average molecular weight is 401 g/mol. The van der Waals surface area contributed by atoms with Crippen molar-refractivity contribution in [3.63, 3.8) is 0 Å². The molecule has 30 heavy (non-hydrogen) atoms. The molecule has 0 N–H and O–H groups in total. The summed E-state index contributed by atoms with van der Waals surface area (Å²) in [5.41, 5.74) is 7.87. The highest BCUT2D eigenvalue weighted by molar-refractivity contribution is 5.38. The SMILES string of the molecule is C/C=C/CCC1CCC(c2ccc(C3CCc4cc(CCC)ccc4C3)cc2)CC1. The molecule has 0 heterocycles. The predicted molar refractivity (Wildman–Crippen MR) is 130 cm³/mol. The van der Waals surface area contributed by atoms with Crippen molar-refractivity contribution in [1.82, 2.24) is 0 Å². The van der Waals surface area contributed by atoms with Crippen LogP contribution in [0.2, 0.25) is 0 Å². The van der Waals surface area contributed by atoms with Crippen LogP contribution >= 0.6 is 0 Å². The minimum atomic E-state index is 0.700. The Kier molecular flexibility index (Phi) is 7.47. The van der Waals surface area contributed by atoms with Crippen LogP contribution in [0.4, 0.5) is 0 Å². The van der Waals surface area contributed by atoms with Gasteiger partial charge < -0.3 is 0 Å². The smallest absolute Gasteiger partial charge is 0.0118 e. The summed E-state index contributed by atoms with van der Waals surface area (Å²) in [5, 5.41) is 0. The highest BCUT2D eigenvalue weighted by atomic mass is 14.3. The zero-order valence-electron chi connectivity index (χ0n) is 19.2. The minimum absolute atomic E-state index is 0.700. The summed E-state index contributed by atoms with van der Waals surface area (Å²) < 4.78 is 0. The largest absolute Gasteiger partial charge is 0.0917 e. The number of benzene rings is 2. The first kappa shape index (κ1) is 21.4. The molecular formula is C30H40. The van der Waals surface area contributed by atoms with Crippen LogP contribution in [0.5, 0.6) is 0 Å². The number of allylic oxidation sites excluding steroid dienone is 2. The maximum absolute atomic E-state index is 2.48. The third-order valence-corrected chi connectivity index (χ3v) is 7.74. The Balaban J connectivity index is 1.33. The van der Waals surface area contributed by atoms with Crippen molar-refractivity contribution in [1.29, 1.82) is 0 Å². The van der Waals surface area contributed by atoms with Crippen molar-refractivity contribution in [2.75, 3.05) is 0 Å². The molecule has 1 unspecified atom stereocenters. The van der Waals surface area contributed by atoms with Gasteiger partial charge in [0.15, 0.2) is 0 Å². The number of fused-ring (bicyclic) bond motifs is 1. The first-order valence-corrected chi connectivity index (χ1v) is 12.6. The number of hydrogen-bond donors (Lipinski definition) is 0. The first-order chi connectivity index (χ1) is 14.8. The minimum Gasteiger partial charge on any atom is -0.0917 e. The molecule has 1 atom stereocenters. The fraction of sp³-hybridized carbons (Fsp3) is 0.533. The van der Waals surface area contributed by atoms with E-state index in [1.165, 1.54) is 76.2 Å². The van der Waals surface area contributed by atoms with Crippen molar-refractivity contribution in [2.45, 2.75) is 96.3 Å². The molecule has 0 heteroatoms. The molecule has 0 bridgehead atoms. The van der Waals surface area contributed by atoms with E-state index in [2.05, 4.69) is 68.5 Å². The second-order valence-electron chi connectivity index (χ2n) is 9.82. The second-order valence-corrected chi connectivity index (χ2v) is 9.82. The Morgan fingerprint density at radius 1 is 0.833 bits per heavy atom. The molecule has 0 radical (unpaired) electrons. The van der Waals surface area contributed by atoms with Crippen LogP contribution < -0.4 is 0 Å². The van der Waals surface area contributed by atoms with E-state index in [0.717, 1.165) is 11.8 Å². The Morgan fingerprint density at radius 3 is 2.27 bits per heavy atom. The van der Waals surface area contributed by atoms with Gasteiger partial charge in [0.05, 0.1) is 0 Å². The maximum atomic E-state index is 2.48. The number of hydrogen-bond acceptors (Lipinski definition) is 0. The van der Waals surface area contributed by atoms with Gasteiger partial charge in [-0.05, 0) is 117 Å². The standard InChI is InChI=1S/C30H40/c1-3-5-6-8-23-9-12-25(13-10-23)26-15-17-27(18-16-26)29-20-19-28-21-24(7-4-2)11-14-30(28)22-29/h3,5,11,14-18,21,23,25,29H,4,6-10,12-13,19-20,22H2,1-2H3/b5-3+. The highest BCUT2D eigenvalue weighted by Crippen LogP contribution is 2.39. The molecule has 1 fully saturated rings. The lowest BCUT2D eigenvalue weighted by atomic mass is 9.76. The number of aryl methyl sites for hydroxylation is 2. The van der Waals surface area contributed by atoms with Crippen LogP contribution in [-0.4, -0.2) is 0 Å². The number of rotatable bonds is 7. The fourth-order valence-electron chi connectivity index (χ4n) is 5.86. The normalized spacial score (nSPS) is 24.1. The molecule has 2 aliphatic carbocycles. The third kappa shape index (κ3) is 5.26. The third-order valence-electron chi connectivity index (χ3n) is 7.74. The quantitative estimate of drug-likeness (QED) is 0.408. The average Bonchev–Trinajstić information content (AvgIpc) is 2.80. The van der Waals surface area contributed by atoms with Gasteiger partial charge in [-0.3, -0.25) is 0 Å². The van der Waals surface area contributed by atoms with E-state index < -0.39 is 0 Å². The van der Waals surface area contributed by atoms with Crippen LogP contribution in [0.1, 0.15) is 105 Å². The molecule has 0 spiro atoms. The summed E-state index contributed by atoms with van der Waals surface area (Å²) >= 11 is 0. The molecule has 0 aromatic heterocycles. The van der Waals surface area contributed by atoms with E-state index in [-0.39, 0.29) is 0 Å². The summed E-state index contributed by atoms with van der Waals surface area (Å²) in [6, 6.07) is 17.1. The monoisotopic (exact) mass is 400 g/mol. The Hall–Kier alpha value is -1.82. The van der Waals surface area contributed by atoms with Gasteiger partial charge in [0.2, 0.25) is 0 Å². The summed E-state index contributed by atoms with van der Waals surface area (Å²) in [6.45, 7) is 4.41. The molecule has 2 aliphatic rings. The zero-order chi connectivity index (χ0) is 20.8. The van der Waals surface area contributed by atoms with Crippen LogP contribution in [0, 0.1) is 5.92 Å². The summed E-state index contributed by atoms with van der Waals surface area (Å²) in [7, 11) is 0. The Morgan fingerprint density at radius 2 is 1.57 bits per heavy atom. The van der Waals surface area contributed by atoms with Crippen molar-refractivity contribution >= 4 is 0 Å². The molecule has 4 rings (SSSR count). The van der Waals surface area contributed by atoms with Crippen LogP contribution in [0.25, 0.3) is 0 Å². The van der Waals surface area contributed by atoms with Gasteiger partial charge in [0.25, 0.3) is 0 Å². The van der Waals surface area contributed by atoms with Crippen LogP contribution in [-0.2, 0) is 19.3 Å². The zero-order valence-corrected chi connectivity index (χ0v) is 19.2. The molecule has 2 aromatic carbocycles. The van der Waals surface area contributed by atoms with E-state index in [9.17, 15) is 0 Å². The fourth-order valence-corrected chi connectivity index (χ4v) is 5.86. The molecule has 2 aromatic rings. The van der Waals surface area contributed by atoms with Crippen molar-refractivity contribution in [3.05, 3.63) is 82.4 Å². The lowest BCUT2D eigenvalue weighted by Gasteiger charge is -2.29. The topological polar surface area (TPSA) is 0 Å². The molecule has 0 amide bonds. The maximum Gasteiger partial charge on any atom is -0.0118 e. The van der Waals surface area contributed by atoms with Crippen molar-refractivity contribution < 1.29 is 0 Å². The summed E-state index contributed by atoms with van der Waals surface area (Å²) in [4.78, 5) is 0. The summed E-state index contributed by atoms with van der Waals surface area (Å²) in [6.07, 6.45) is 19.0. The summed E-state index contributed by atoms with van der Waals surface area (Å²) in [5.74, 6) is 2.45. The lowest BCUT2D eigenvalue weighted by molar-refractivity contribution is 0.312. The van der Waals surface area contributed by atoms with E-state index in [4.69, 9.17) is 0 Å². The van der Waals surface area contributed by atoms with Gasteiger partial charge in [-0.25, -0.2) is 0 Å². The van der Waals surface area contributed by atoms with E-state index in [1.807, 2.05) is 0 Å². The Labute approximate surface area is 184 Å². The van der Waals surface area contributed by atoms with E-state index >= 15 is 0 Å². The highest BCUT2D eigenvalue weighted by Gasteiger charge is 2.23. The lowest BCUT2D eigenvalue weighted by Crippen LogP contribution is -2.14.